The third-order valence-electron chi connectivity index (χ3n) is 9.41. The van der Waals surface area contributed by atoms with E-state index >= 15 is 0 Å². The molecule has 1 nitrogen and oxygen atoms in total. The second kappa shape index (κ2) is 8.02. The maximum atomic E-state index is 2.34. The molecule has 0 aliphatic carbocycles. The minimum absolute atomic E-state index is 1.26. The molecule has 0 bridgehead atoms. The Kier molecular flexibility index (Phi) is 4.24. The van der Waals surface area contributed by atoms with Crippen molar-refractivity contribution >= 4 is 91.7 Å². The van der Waals surface area contributed by atoms with Crippen LogP contribution in [-0.2, 0) is 0 Å². The summed E-state index contributed by atoms with van der Waals surface area (Å²) in [5.74, 6) is 0. The Hall–Kier alpha value is -5.53. The molecule has 0 saturated carbocycles. The van der Waals surface area contributed by atoms with Gasteiger partial charge in [0.15, 0.2) is 12.4 Å². The van der Waals surface area contributed by atoms with Crippen molar-refractivity contribution in [2.45, 2.75) is 0 Å². The Balaban J connectivity index is 1.58. The van der Waals surface area contributed by atoms with Gasteiger partial charge in [0.1, 0.15) is 0 Å². The summed E-state index contributed by atoms with van der Waals surface area (Å²) in [5, 5.41) is 20.7. The van der Waals surface area contributed by atoms with Crippen molar-refractivity contribution in [3.05, 3.63) is 146 Å². The van der Waals surface area contributed by atoms with E-state index in [0.29, 0.717) is 0 Å². The fourth-order valence-electron chi connectivity index (χ4n) is 7.55. The summed E-state index contributed by atoms with van der Waals surface area (Å²) >= 11 is 0. The van der Waals surface area contributed by atoms with E-state index < -0.39 is 0 Å². The van der Waals surface area contributed by atoms with Crippen LogP contribution in [0.15, 0.2) is 146 Å². The normalized spacial score (nSPS) is 12.3. The van der Waals surface area contributed by atoms with Crippen LogP contribution in [-0.4, -0.2) is 0 Å². The molecule has 10 aromatic rings. The van der Waals surface area contributed by atoms with E-state index in [2.05, 4.69) is 150 Å². The molecular weight excluding hydrogens is 506 g/mol. The smallest absolute Gasteiger partial charge is 0.166 e. The van der Waals surface area contributed by atoms with Gasteiger partial charge in [0.25, 0.3) is 0 Å². The number of hydrogen-bond acceptors (Lipinski definition) is 0. The van der Waals surface area contributed by atoms with Crippen LogP contribution < -0.4 is 4.40 Å². The van der Waals surface area contributed by atoms with Crippen LogP contribution in [0.2, 0.25) is 0 Å². The molecule has 0 amide bonds. The average Bonchev–Trinajstić information content (AvgIpc) is 3.06. The minimum Gasteiger partial charge on any atom is -0.166 e. The van der Waals surface area contributed by atoms with Crippen LogP contribution in [0, 0.1) is 0 Å². The number of rotatable bonds is 0. The van der Waals surface area contributed by atoms with Crippen LogP contribution in [0.25, 0.3) is 91.7 Å². The molecule has 2 heterocycles. The molecule has 10 rings (SSSR count). The predicted molar refractivity (Wildman–Crippen MR) is 180 cm³/mol. The van der Waals surface area contributed by atoms with Crippen molar-refractivity contribution in [1.82, 2.24) is 0 Å². The number of aromatic nitrogens is 1. The van der Waals surface area contributed by atoms with Crippen LogP contribution in [0.4, 0.5) is 0 Å². The van der Waals surface area contributed by atoms with E-state index in [1.807, 2.05) is 0 Å². The fourth-order valence-corrected chi connectivity index (χ4v) is 7.55. The maximum Gasteiger partial charge on any atom is 0.227 e. The van der Waals surface area contributed by atoms with Gasteiger partial charge in [-0.1, -0.05) is 121 Å². The Bertz CT molecular complexity index is 2570. The van der Waals surface area contributed by atoms with E-state index in [4.69, 9.17) is 0 Å². The summed E-state index contributed by atoms with van der Waals surface area (Å²) < 4.78 is 2.34. The van der Waals surface area contributed by atoms with Crippen molar-refractivity contribution < 1.29 is 4.40 Å². The first kappa shape index (κ1) is 22.2. The third kappa shape index (κ3) is 2.85. The van der Waals surface area contributed by atoms with E-state index in [9.17, 15) is 0 Å². The number of pyridine rings is 2. The minimum atomic E-state index is 1.26. The second-order valence-corrected chi connectivity index (χ2v) is 11.5. The summed E-state index contributed by atoms with van der Waals surface area (Å²) in [6, 6.07) is 49.6. The second-order valence-electron chi connectivity index (χ2n) is 11.5. The standard InChI is InChI=1S/C41H24N/c1-3-7-33-25(5-1)9-11-27-13-15-29-17-19-31-21-23-42-24-22-32-20-18-30-16-14-28-12-10-26-6-2-4-8-34(26)36(28)38(30)40(32)41(42)39(31)37(29)35(27)33/h1-24H/q+1. The van der Waals surface area contributed by atoms with Crippen molar-refractivity contribution in [3.63, 3.8) is 0 Å². The number of nitrogens with zero attached hydrogens (tertiary/aromatic N) is 1. The average molecular weight is 531 g/mol. The molecule has 0 N–H and O–H groups in total. The van der Waals surface area contributed by atoms with E-state index in [0.717, 1.165) is 0 Å². The van der Waals surface area contributed by atoms with Gasteiger partial charge in [0.2, 0.25) is 5.52 Å². The van der Waals surface area contributed by atoms with Crippen LogP contribution in [0.5, 0.6) is 0 Å². The molecule has 42 heavy (non-hydrogen) atoms. The van der Waals surface area contributed by atoms with E-state index in [1.165, 1.54) is 91.7 Å². The zero-order valence-electron chi connectivity index (χ0n) is 22.8. The third-order valence-corrected chi connectivity index (χ3v) is 9.41. The zero-order chi connectivity index (χ0) is 27.4. The molecule has 0 aliphatic heterocycles. The Labute approximate surface area is 241 Å². The van der Waals surface area contributed by atoms with Crippen molar-refractivity contribution in [1.29, 1.82) is 0 Å². The monoisotopic (exact) mass is 530 g/mol. The highest BCUT2D eigenvalue weighted by molar-refractivity contribution is 6.36. The lowest BCUT2D eigenvalue weighted by atomic mass is 9.89. The number of benzene rings is 8. The summed E-state index contributed by atoms with van der Waals surface area (Å²) in [6.07, 6.45) is 4.46. The Morgan fingerprint density at radius 3 is 1.02 bits per heavy atom. The Morgan fingerprint density at radius 1 is 0.262 bits per heavy atom. The van der Waals surface area contributed by atoms with Gasteiger partial charge < -0.3 is 0 Å². The van der Waals surface area contributed by atoms with E-state index in [-0.39, 0.29) is 0 Å². The van der Waals surface area contributed by atoms with Crippen LogP contribution >= 0.6 is 0 Å². The van der Waals surface area contributed by atoms with Gasteiger partial charge in [-0.25, -0.2) is 0 Å². The quantitative estimate of drug-likeness (QED) is 0.136. The van der Waals surface area contributed by atoms with Crippen molar-refractivity contribution in [2.24, 2.45) is 0 Å². The topological polar surface area (TPSA) is 4.10 Å². The molecule has 0 radical (unpaired) electrons. The highest BCUT2D eigenvalue weighted by Gasteiger charge is 2.20. The van der Waals surface area contributed by atoms with Gasteiger partial charge in [-0.15, -0.1) is 0 Å². The molecule has 0 spiro atoms. The molecule has 0 aliphatic rings. The Morgan fingerprint density at radius 2 is 0.595 bits per heavy atom. The molecule has 2 aromatic heterocycles. The maximum absolute atomic E-state index is 2.34. The number of hydrogen-bond donors (Lipinski definition) is 0. The largest absolute Gasteiger partial charge is 0.227 e. The molecule has 0 unspecified atom stereocenters. The van der Waals surface area contributed by atoms with Crippen molar-refractivity contribution in [3.8, 4) is 0 Å². The number of fused-ring (bicyclic) bond motifs is 17. The molecule has 0 fully saturated rings. The molecule has 0 saturated heterocycles. The van der Waals surface area contributed by atoms with Crippen LogP contribution in [0.1, 0.15) is 0 Å². The molecule has 1 heteroatoms. The lowest BCUT2D eigenvalue weighted by Gasteiger charge is -2.14. The van der Waals surface area contributed by atoms with Gasteiger partial charge in [0, 0.05) is 22.9 Å². The predicted octanol–water partition coefficient (Wildman–Crippen LogP) is 10.7. The lowest BCUT2D eigenvalue weighted by Crippen LogP contribution is -2.20. The fraction of sp³-hybridized carbons (Fsp3) is 0. The summed E-state index contributed by atoms with van der Waals surface area (Å²) in [4.78, 5) is 0. The first-order valence-electron chi connectivity index (χ1n) is 14.6. The zero-order valence-corrected chi connectivity index (χ0v) is 22.8. The van der Waals surface area contributed by atoms with Crippen LogP contribution in [0.3, 0.4) is 0 Å². The summed E-state index contributed by atoms with van der Waals surface area (Å²) in [6.45, 7) is 0. The molecular formula is C41H24N+. The van der Waals surface area contributed by atoms with Gasteiger partial charge in [-0.05, 0) is 64.6 Å². The first-order chi connectivity index (χ1) is 20.8. The van der Waals surface area contributed by atoms with Gasteiger partial charge >= 0.3 is 0 Å². The lowest BCUT2D eigenvalue weighted by molar-refractivity contribution is -0.509. The molecule has 0 atom stereocenters. The van der Waals surface area contributed by atoms with Gasteiger partial charge in [-0.3, -0.25) is 0 Å². The van der Waals surface area contributed by atoms with Crippen molar-refractivity contribution in [2.75, 3.05) is 0 Å². The molecule has 8 aromatic carbocycles. The highest BCUT2D eigenvalue weighted by atomic mass is 14.8. The van der Waals surface area contributed by atoms with Gasteiger partial charge in [-0.2, -0.15) is 4.40 Å². The first-order valence-corrected chi connectivity index (χ1v) is 14.6. The summed E-state index contributed by atoms with van der Waals surface area (Å²) in [7, 11) is 0. The molecule has 192 valence electrons. The highest BCUT2D eigenvalue weighted by Crippen LogP contribution is 2.42. The summed E-state index contributed by atoms with van der Waals surface area (Å²) in [5.41, 5.74) is 1.27. The van der Waals surface area contributed by atoms with Gasteiger partial charge in [0.05, 0.1) is 10.8 Å². The SMILES string of the molecule is c1ccc2c(c1)ccc1ccc3ccc4cc[n+]5ccc6ccc7ccc8ccc9ccccc9c8c7c6c5c4c3c12. The van der Waals surface area contributed by atoms with E-state index in [1.54, 1.807) is 0 Å².